The van der Waals surface area contributed by atoms with Crippen molar-refractivity contribution < 1.29 is 9.13 Å². The number of hydrogen-bond acceptors (Lipinski definition) is 6. The molecular formula is C30H28FN7O. The van der Waals surface area contributed by atoms with E-state index in [9.17, 15) is 4.39 Å². The highest BCUT2D eigenvalue weighted by Gasteiger charge is 2.18. The molecule has 1 unspecified atom stereocenters. The lowest BCUT2D eigenvalue weighted by Gasteiger charge is -2.15. The molecule has 0 bridgehead atoms. The number of nitrogens with one attached hydrogen (secondary N) is 2. The maximum Gasteiger partial charge on any atom is 0.166 e. The lowest BCUT2D eigenvalue weighted by Crippen LogP contribution is -2.13. The number of anilines is 1. The molecular weight excluding hydrogens is 493 g/mol. The lowest BCUT2D eigenvalue weighted by atomic mass is 10.1. The standard InChI is InChI=1S/C30H28FN7O/c1-20(17-39-18-21-7-3-2-4-8-21)38-19-35-27-29(33-12-11-22-15-34-26-10-6-5-9-25(22)26)36-28(37-30(27)38)23-13-24(31)16-32-14-23/h2-10,13-16,19-20,34H,11-12,17-18H2,1H3,(H,33,36,37). The highest BCUT2D eigenvalue weighted by Crippen LogP contribution is 2.27. The van der Waals surface area contributed by atoms with E-state index < -0.39 is 5.82 Å². The van der Waals surface area contributed by atoms with E-state index in [0.29, 0.717) is 48.1 Å². The number of para-hydroxylation sites is 1. The van der Waals surface area contributed by atoms with Gasteiger partial charge in [-0.2, -0.15) is 0 Å². The second-order valence-corrected chi connectivity index (χ2v) is 9.50. The Kier molecular flexibility index (Phi) is 6.97. The van der Waals surface area contributed by atoms with Crippen LogP contribution >= 0.6 is 0 Å². The van der Waals surface area contributed by atoms with Gasteiger partial charge in [0.25, 0.3) is 0 Å². The van der Waals surface area contributed by atoms with Crippen LogP contribution in [0.25, 0.3) is 33.5 Å². The first-order valence-corrected chi connectivity index (χ1v) is 12.9. The normalized spacial score (nSPS) is 12.3. The second-order valence-electron chi connectivity index (χ2n) is 9.50. The fraction of sp³-hybridized carbons (Fsp3) is 0.200. The largest absolute Gasteiger partial charge is 0.375 e. The molecule has 6 rings (SSSR count). The molecule has 0 saturated heterocycles. The van der Waals surface area contributed by atoms with Crippen molar-refractivity contribution in [2.24, 2.45) is 0 Å². The number of benzene rings is 2. The lowest BCUT2D eigenvalue weighted by molar-refractivity contribution is 0.0956. The molecule has 9 heteroatoms. The topological polar surface area (TPSA) is 93.5 Å². The van der Waals surface area contributed by atoms with E-state index in [1.165, 1.54) is 23.2 Å². The van der Waals surface area contributed by atoms with Crippen molar-refractivity contribution in [2.45, 2.75) is 26.0 Å². The summed E-state index contributed by atoms with van der Waals surface area (Å²) in [5.74, 6) is 0.528. The molecule has 6 aromatic rings. The van der Waals surface area contributed by atoms with E-state index in [2.05, 4.69) is 39.3 Å². The number of hydrogen-bond donors (Lipinski definition) is 2. The van der Waals surface area contributed by atoms with Crippen LogP contribution in [0.2, 0.25) is 0 Å². The Labute approximate surface area is 224 Å². The molecule has 4 aromatic heterocycles. The Balaban J connectivity index is 1.27. The molecule has 8 nitrogen and oxygen atoms in total. The van der Waals surface area contributed by atoms with Crippen LogP contribution in [0, 0.1) is 5.82 Å². The molecule has 0 saturated carbocycles. The molecule has 0 fully saturated rings. The number of pyridine rings is 1. The molecule has 1 atom stereocenters. The van der Waals surface area contributed by atoms with E-state index in [1.54, 1.807) is 12.5 Å². The second kappa shape index (κ2) is 11.0. The van der Waals surface area contributed by atoms with Gasteiger partial charge in [-0.25, -0.2) is 19.3 Å². The van der Waals surface area contributed by atoms with E-state index in [-0.39, 0.29) is 6.04 Å². The average Bonchev–Trinajstić information content (AvgIpc) is 3.58. The summed E-state index contributed by atoms with van der Waals surface area (Å²) in [6, 6.07) is 19.7. The Bertz CT molecular complexity index is 1710. The summed E-state index contributed by atoms with van der Waals surface area (Å²) >= 11 is 0. The van der Waals surface area contributed by atoms with Gasteiger partial charge in [-0.1, -0.05) is 48.5 Å². The summed E-state index contributed by atoms with van der Waals surface area (Å²) in [7, 11) is 0. The number of halogens is 1. The molecule has 0 radical (unpaired) electrons. The summed E-state index contributed by atoms with van der Waals surface area (Å²) in [5.41, 5.74) is 5.24. The van der Waals surface area contributed by atoms with Crippen LogP contribution in [0.4, 0.5) is 10.2 Å². The number of imidazole rings is 1. The highest BCUT2D eigenvalue weighted by molar-refractivity contribution is 5.85. The van der Waals surface area contributed by atoms with E-state index >= 15 is 0 Å². The summed E-state index contributed by atoms with van der Waals surface area (Å²) in [6.07, 6.45) is 7.31. The first-order chi connectivity index (χ1) is 19.2. The van der Waals surface area contributed by atoms with Crippen molar-refractivity contribution in [3.8, 4) is 11.4 Å². The van der Waals surface area contributed by atoms with Gasteiger partial charge < -0.3 is 19.6 Å². The zero-order valence-corrected chi connectivity index (χ0v) is 21.5. The molecule has 0 spiro atoms. The highest BCUT2D eigenvalue weighted by atomic mass is 19.1. The fourth-order valence-corrected chi connectivity index (χ4v) is 4.68. The number of H-pyrrole nitrogens is 1. The molecule has 39 heavy (non-hydrogen) atoms. The molecule has 2 N–H and O–H groups in total. The first-order valence-electron chi connectivity index (χ1n) is 12.9. The van der Waals surface area contributed by atoms with Crippen molar-refractivity contribution in [1.29, 1.82) is 0 Å². The van der Waals surface area contributed by atoms with Gasteiger partial charge in [0.05, 0.1) is 31.8 Å². The van der Waals surface area contributed by atoms with Crippen molar-refractivity contribution in [3.05, 3.63) is 103 Å². The smallest absolute Gasteiger partial charge is 0.166 e. The third kappa shape index (κ3) is 5.35. The van der Waals surface area contributed by atoms with Crippen LogP contribution in [-0.4, -0.2) is 42.6 Å². The number of ether oxygens (including phenoxy) is 1. The predicted octanol–water partition coefficient (Wildman–Crippen LogP) is 5.94. The van der Waals surface area contributed by atoms with Crippen molar-refractivity contribution >= 4 is 27.9 Å². The monoisotopic (exact) mass is 521 g/mol. The minimum Gasteiger partial charge on any atom is -0.375 e. The van der Waals surface area contributed by atoms with Gasteiger partial charge in [0, 0.05) is 35.4 Å². The fourth-order valence-electron chi connectivity index (χ4n) is 4.68. The number of aromatic nitrogens is 6. The van der Waals surface area contributed by atoms with Crippen LogP contribution in [0.15, 0.2) is 85.6 Å². The Morgan fingerprint density at radius 2 is 1.90 bits per heavy atom. The Morgan fingerprint density at radius 1 is 1.05 bits per heavy atom. The van der Waals surface area contributed by atoms with Crippen molar-refractivity contribution in [2.75, 3.05) is 18.5 Å². The number of rotatable bonds is 10. The van der Waals surface area contributed by atoms with Gasteiger partial charge in [-0.05, 0) is 36.6 Å². The van der Waals surface area contributed by atoms with Gasteiger partial charge in [-0.3, -0.25) is 4.98 Å². The summed E-state index contributed by atoms with van der Waals surface area (Å²) < 4.78 is 22.0. The minimum atomic E-state index is -0.443. The Morgan fingerprint density at radius 3 is 2.77 bits per heavy atom. The molecule has 0 aliphatic rings. The van der Waals surface area contributed by atoms with Crippen LogP contribution in [0.1, 0.15) is 24.1 Å². The first kappa shape index (κ1) is 24.7. The van der Waals surface area contributed by atoms with Crippen molar-refractivity contribution in [3.63, 3.8) is 0 Å². The van der Waals surface area contributed by atoms with Crippen LogP contribution in [-0.2, 0) is 17.8 Å². The SMILES string of the molecule is CC(COCc1ccccc1)n1cnc2c(NCCc3c[nH]c4ccccc34)nc(-c3cncc(F)c3)nc21. The minimum absolute atomic E-state index is 0.0360. The van der Waals surface area contributed by atoms with Gasteiger partial charge in [0.1, 0.15) is 11.3 Å². The van der Waals surface area contributed by atoms with Gasteiger partial charge in [-0.15, -0.1) is 0 Å². The zero-order chi connectivity index (χ0) is 26.6. The summed E-state index contributed by atoms with van der Waals surface area (Å²) in [6.45, 7) is 3.69. The molecule has 2 aromatic carbocycles. The number of aromatic amines is 1. The van der Waals surface area contributed by atoms with Crippen LogP contribution < -0.4 is 5.32 Å². The summed E-state index contributed by atoms with van der Waals surface area (Å²) in [4.78, 5) is 21.5. The molecule has 0 amide bonds. The van der Waals surface area contributed by atoms with E-state index in [0.717, 1.165) is 17.5 Å². The van der Waals surface area contributed by atoms with Crippen molar-refractivity contribution in [1.82, 2.24) is 29.5 Å². The number of nitrogens with zero attached hydrogens (tertiary/aromatic N) is 5. The molecule has 0 aliphatic heterocycles. The van der Waals surface area contributed by atoms with Gasteiger partial charge in [0.2, 0.25) is 0 Å². The van der Waals surface area contributed by atoms with E-state index in [1.807, 2.05) is 53.2 Å². The van der Waals surface area contributed by atoms with E-state index in [4.69, 9.17) is 14.7 Å². The predicted molar refractivity (Wildman–Crippen MR) is 150 cm³/mol. The van der Waals surface area contributed by atoms with Crippen LogP contribution in [0.3, 0.4) is 0 Å². The van der Waals surface area contributed by atoms with Gasteiger partial charge in [0.15, 0.2) is 17.3 Å². The third-order valence-corrected chi connectivity index (χ3v) is 6.69. The molecule has 196 valence electrons. The quantitative estimate of drug-likeness (QED) is 0.232. The molecule has 4 heterocycles. The zero-order valence-electron chi connectivity index (χ0n) is 21.5. The van der Waals surface area contributed by atoms with Crippen LogP contribution in [0.5, 0.6) is 0 Å². The molecule has 0 aliphatic carbocycles. The maximum atomic E-state index is 14.0. The maximum absolute atomic E-state index is 14.0. The Hall–Kier alpha value is -4.63. The third-order valence-electron chi connectivity index (χ3n) is 6.69. The average molecular weight is 522 g/mol. The summed E-state index contributed by atoms with van der Waals surface area (Å²) in [5, 5.41) is 4.65. The number of fused-ring (bicyclic) bond motifs is 2. The van der Waals surface area contributed by atoms with Gasteiger partial charge >= 0.3 is 0 Å².